The molecule has 0 aliphatic heterocycles. The van der Waals surface area contributed by atoms with Crippen LogP contribution in [0.1, 0.15) is 25.3 Å². The average molecular weight is 224 g/mol. The SMILES string of the molecule is CCCCOCCOc1ncc(C)cc1N. The Hall–Kier alpha value is -1.29. The predicted octanol–water partition coefficient (Wildman–Crippen LogP) is 2.17. The van der Waals surface area contributed by atoms with E-state index in [-0.39, 0.29) is 0 Å². The van der Waals surface area contributed by atoms with Gasteiger partial charge in [0, 0.05) is 12.8 Å². The molecule has 0 aliphatic carbocycles. The zero-order chi connectivity index (χ0) is 11.8. The molecule has 0 radical (unpaired) electrons. The molecule has 1 heterocycles. The highest BCUT2D eigenvalue weighted by Gasteiger charge is 2.01. The first-order valence-corrected chi connectivity index (χ1v) is 5.66. The predicted molar refractivity (Wildman–Crippen MR) is 64.6 cm³/mol. The molecule has 0 amide bonds. The van der Waals surface area contributed by atoms with Crippen molar-refractivity contribution in [3.8, 4) is 5.88 Å². The summed E-state index contributed by atoms with van der Waals surface area (Å²) in [7, 11) is 0. The number of ether oxygens (including phenoxy) is 2. The van der Waals surface area contributed by atoms with Crippen LogP contribution in [0.15, 0.2) is 12.3 Å². The highest BCUT2D eigenvalue weighted by atomic mass is 16.5. The van der Waals surface area contributed by atoms with E-state index in [1.807, 2.05) is 13.0 Å². The van der Waals surface area contributed by atoms with Gasteiger partial charge >= 0.3 is 0 Å². The van der Waals surface area contributed by atoms with Crippen LogP contribution in [0.5, 0.6) is 5.88 Å². The molecule has 0 spiro atoms. The molecule has 16 heavy (non-hydrogen) atoms. The smallest absolute Gasteiger partial charge is 0.237 e. The van der Waals surface area contributed by atoms with Crippen LogP contribution >= 0.6 is 0 Å². The lowest BCUT2D eigenvalue weighted by Crippen LogP contribution is -2.09. The number of hydrogen-bond acceptors (Lipinski definition) is 4. The van der Waals surface area contributed by atoms with Crippen molar-refractivity contribution >= 4 is 5.69 Å². The van der Waals surface area contributed by atoms with E-state index in [0.29, 0.717) is 24.8 Å². The fourth-order valence-corrected chi connectivity index (χ4v) is 1.25. The molecule has 90 valence electrons. The minimum absolute atomic E-state index is 0.490. The first-order valence-electron chi connectivity index (χ1n) is 5.66. The van der Waals surface area contributed by atoms with Gasteiger partial charge in [0.05, 0.1) is 12.3 Å². The van der Waals surface area contributed by atoms with Gasteiger partial charge in [-0.1, -0.05) is 13.3 Å². The minimum Gasteiger partial charge on any atom is -0.474 e. The maximum absolute atomic E-state index is 5.76. The van der Waals surface area contributed by atoms with Crippen molar-refractivity contribution in [2.24, 2.45) is 0 Å². The summed E-state index contributed by atoms with van der Waals surface area (Å²) in [6.07, 6.45) is 3.97. The Morgan fingerprint density at radius 3 is 2.81 bits per heavy atom. The van der Waals surface area contributed by atoms with Crippen LogP contribution in [-0.4, -0.2) is 24.8 Å². The maximum atomic E-state index is 5.76. The Morgan fingerprint density at radius 2 is 2.12 bits per heavy atom. The van der Waals surface area contributed by atoms with Crippen molar-refractivity contribution in [2.75, 3.05) is 25.6 Å². The van der Waals surface area contributed by atoms with Crippen LogP contribution in [-0.2, 0) is 4.74 Å². The molecule has 0 fully saturated rings. The highest BCUT2D eigenvalue weighted by molar-refractivity contribution is 5.49. The van der Waals surface area contributed by atoms with E-state index in [9.17, 15) is 0 Å². The molecule has 0 aromatic carbocycles. The van der Waals surface area contributed by atoms with Crippen molar-refractivity contribution in [2.45, 2.75) is 26.7 Å². The minimum atomic E-state index is 0.490. The number of nitrogen functional groups attached to an aromatic ring is 1. The molecule has 1 rings (SSSR count). The molecule has 4 heteroatoms. The summed E-state index contributed by atoms with van der Waals surface area (Å²) in [6, 6.07) is 1.85. The second-order valence-electron chi connectivity index (χ2n) is 3.72. The molecule has 2 N–H and O–H groups in total. The quantitative estimate of drug-likeness (QED) is 0.721. The Bertz CT molecular complexity index is 316. The third kappa shape index (κ3) is 4.49. The molecule has 0 atom stereocenters. The van der Waals surface area contributed by atoms with Gasteiger partial charge in [0.2, 0.25) is 5.88 Å². The first-order chi connectivity index (χ1) is 7.74. The number of nitrogens with two attached hydrogens (primary N) is 1. The Morgan fingerprint density at radius 1 is 1.31 bits per heavy atom. The zero-order valence-corrected chi connectivity index (χ0v) is 10.0. The van der Waals surface area contributed by atoms with Gasteiger partial charge in [-0.3, -0.25) is 0 Å². The summed E-state index contributed by atoms with van der Waals surface area (Å²) in [5.74, 6) is 0.490. The summed E-state index contributed by atoms with van der Waals surface area (Å²) in [6.45, 7) is 5.94. The Labute approximate surface area is 96.8 Å². The molecule has 0 bridgehead atoms. The van der Waals surface area contributed by atoms with Crippen LogP contribution < -0.4 is 10.5 Å². The number of aromatic nitrogens is 1. The monoisotopic (exact) mass is 224 g/mol. The molecule has 1 aromatic heterocycles. The van der Waals surface area contributed by atoms with Crippen molar-refractivity contribution in [1.82, 2.24) is 4.98 Å². The van der Waals surface area contributed by atoms with E-state index in [4.69, 9.17) is 15.2 Å². The molecule has 0 saturated heterocycles. The van der Waals surface area contributed by atoms with Gasteiger partial charge in [-0.05, 0) is 25.0 Å². The van der Waals surface area contributed by atoms with Gasteiger partial charge in [0.1, 0.15) is 6.61 Å². The lowest BCUT2D eigenvalue weighted by molar-refractivity contribution is 0.0968. The average Bonchev–Trinajstić information content (AvgIpc) is 2.26. The van der Waals surface area contributed by atoms with Crippen molar-refractivity contribution in [3.05, 3.63) is 17.8 Å². The summed E-state index contributed by atoms with van der Waals surface area (Å²) in [4.78, 5) is 4.11. The standard InChI is InChI=1S/C12H20N2O2/c1-3-4-5-15-6-7-16-12-11(13)8-10(2)9-14-12/h8-9H,3-7,13H2,1-2H3. The fourth-order valence-electron chi connectivity index (χ4n) is 1.25. The largest absolute Gasteiger partial charge is 0.474 e. The molecule has 4 nitrogen and oxygen atoms in total. The normalized spacial score (nSPS) is 10.4. The Balaban J connectivity index is 2.21. The summed E-state index contributed by atoms with van der Waals surface area (Å²) < 4.78 is 10.8. The number of aryl methyl sites for hydroxylation is 1. The van der Waals surface area contributed by atoms with Gasteiger partial charge in [0.15, 0.2) is 0 Å². The fraction of sp³-hybridized carbons (Fsp3) is 0.583. The lowest BCUT2D eigenvalue weighted by atomic mass is 10.3. The van der Waals surface area contributed by atoms with Crippen LogP contribution in [0.25, 0.3) is 0 Å². The van der Waals surface area contributed by atoms with Gasteiger partial charge in [-0.2, -0.15) is 0 Å². The molecular formula is C12H20N2O2. The molecule has 0 saturated carbocycles. The van der Waals surface area contributed by atoms with Crippen molar-refractivity contribution in [1.29, 1.82) is 0 Å². The van der Waals surface area contributed by atoms with Crippen LogP contribution in [0.3, 0.4) is 0 Å². The number of unbranched alkanes of at least 4 members (excludes halogenated alkanes) is 1. The third-order valence-electron chi connectivity index (χ3n) is 2.12. The van der Waals surface area contributed by atoms with E-state index >= 15 is 0 Å². The van der Waals surface area contributed by atoms with Gasteiger partial charge in [0.25, 0.3) is 0 Å². The van der Waals surface area contributed by atoms with Gasteiger partial charge in [-0.25, -0.2) is 4.98 Å². The number of anilines is 1. The number of hydrogen-bond donors (Lipinski definition) is 1. The molecular weight excluding hydrogens is 204 g/mol. The van der Waals surface area contributed by atoms with E-state index in [0.717, 1.165) is 25.0 Å². The van der Waals surface area contributed by atoms with Gasteiger partial charge in [-0.15, -0.1) is 0 Å². The maximum Gasteiger partial charge on any atom is 0.237 e. The lowest BCUT2D eigenvalue weighted by Gasteiger charge is -2.08. The first kappa shape index (κ1) is 12.8. The van der Waals surface area contributed by atoms with E-state index < -0.39 is 0 Å². The number of pyridine rings is 1. The molecule has 1 aromatic rings. The van der Waals surface area contributed by atoms with Crippen molar-refractivity contribution in [3.63, 3.8) is 0 Å². The summed E-state index contributed by atoms with van der Waals surface area (Å²) in [5.41, 5.74) is 7.36. The van der Waals surface area contributed by atoms with E-state index in [2.05, 4.69) is 11.9 Å². The second-order valence-corrected chi connectivity index (χ2v) is 3.72. The van der Waals surface area contributed by atoms with Crippen LogP contribution in [0.2, 0.25) is 0 Å². The summed E-state index contributed by atoms with van der Waals surface area (Å²) >= 11 is 0. The van der Waals surface area contributed by atoms with Crippen LogP contribution in [0.4, 0.5) is 5.69 Å². The second kappa shape index (κ2) is 7.06. The Kier molecular flexibility index (Phi) is 5.64. The highest BCUT2D eigenvalue weighted by Crippen LogP contribution is 2.17. The van der Waals surface area contributed by atoms with E-state index in [1.165, 1.54) is 0 Å². The number of nitrogens with zero attached hydrogens (tertiary/aromatic N) is 1. The summed E-state index contributed by atoms with van der Waals surface area (Å²) in [5, 5.41) is 0. The van der Waals surface area contributed by atoms with E-state index in [1.54, 1.807) is 6.20 Å². The topological polar surface area (TPSA) is 57.4 Å². The van der Waals surface area contributed by atoms with Crippen molar-refractivity contribution < 1.29 is 9.47 Å². The van der Waals surface area contributed by atoms with Crippen LogP contribution in [0, 0.1) is 6.92 Å². The zero-order valence-electron chi connectivity index (χ0n) is 10.0. The molecule has 0 aliphatic rings. The number of rotatable bonds is 7. The molecule has 0 unspecified atom stereocenters. The third-order valence-corrected chi connectivity index (χ3v) is 2.12. The van der Waals surface area contributed by atoms with Gasteiger partial charge < -0.3 is 15.2 Å².